The lowest BCUT2D eigenvalue weighted by molar-refractivity contribution is 1.07. The number of nitrogens with zero attached hydrogens (tertiary/aromatic N) is 6. The molecule has 0 atom stereocenters. The molecule has 6 nitrogen and oxygen atoms in total. The quantitative estimate of drug-likeness (QED) is 0.192. The van der Waals surface area contributed by atoms with Crippen LogP contribution in [0.2, 0.25) is 0 Å². The first kappa shape index (κ1) is 27.2. The highest BCUT2D eigenvalue weighted by molar-refractivity contribution is 5.97. The highest BCUT2D eigenvalue weighted by atomic mass is 15.0. The van der Waals surface area contributed by atoms with Gasteiger partial charge in [0.2, 0.25) is 0 Å². The second-order valence-electron chi connectivity index (χ2n) is 10.8. The molecule has 0 unspecified atom stereocenters. The van der Waals surface area contributed by atoms with Gasteiger partial charge in [0, 0.05) is 29.1 Å². The van der Waals surface area contributed by atoms with Gasteiger partial charge >= 0.3 is 0 Å². The second-order valence-corrected chi connectivity index (χ2v) is 10.8. The molecule has 4 aromatic heterocycles. The van der Waals surface area contributed by atoms with E-state index < -0.39 is 0 Å². The molecule has 46 heavy (non-hydrogen) atoms. The van der Waals surface area contributed by atoms with Gasteiger partial charge in [-0.1, -0.05) is 109 Å². The van der Waals surface area contributed by atoms with Crippen molar-refractivity contribution in [2.45, 2.75) is 0 Å². The normalized spacial score (nSPS) is 11.0. The fourth-order valence-electron chi connectivity index (χ4n) is 5.56. The fourth-order valence-corrected chi connectivity index (χ4v) is 5.56. The molecular weight excluding hydrogens is 564 g/mol. The molecule has 0 bridgehead atoms. The number of benzene rings is 4. The molecule has 0 saturated heterocycles. The van der Waals surface area contributed by atoms with Gasteiger partial charge in [0.05, 0.1) is 22.8 Å². The minimum Gasteiger partial charge on any atom is -0.255 e. The summed E-state index contributed by atoms with van der Waals surface area (Å²) in [5.74, 6) is 1.77. The van der Waals surface area contributed by atoms with Crippen molar-refractivity contribution in [3.05, 3.63) is 158 Å². The van der Waals surface area contributed by atoms with Crippen LogP contribution in [0.4, 0.5) is 0 Å². The standard InChI is InChI=1S/C40H26N6/c1-3-13-28(14-4-1)38-44-39(29-15-5-2-6-16-29)46-40(45-38)30-21-22-35(42-26-30)37-25-31(24-36(43-37)34-20-9-10-23-41-34)33-19-11-17-27-12-7-8-18-32(27)33/h1-26H. The third-order valence-electron chi connectivity index (χ3n) is 7.84. The van der Waals surface area contributed by atoms with Gasteiger partial charge in [-0.3, -0.25) is 9.97 Å². The highest BCUT2D eigenvalue weighted by Crippen LogP contribution is 2.34. The van der Waals surface area contributed by atoms with Crippen LogP contribution >= 0.6 is 0 Å². The number of fused-ring (bicyclic) bond motifs is 1. The van der Waals surface area contributed by atoms with Crippen LogP contribution in [0.15, 0.2) is 158 Å². The number of pyridine rings is 3. The summed E-state index contributed by atoms with van der Waals surface area (Å²) in [5.41, 5.74) is 7.88. The molecule has 8 aromatic rings. The van der Waals surface area contributed by atoms with Crippen LogP contribution in [-0.2, 0) is 0 Å². The Morgan fingerprint density at radius 3 is 1.57 bits per heavy atom. The van der Waals surface area contributed by atoms with Crippen molar-refractivity contribution in [2.24, 2.45) is 0 Å². The van der Waals surface area contributed by atoms with Gasteiger partial charge in [0.1, 0.15) is 0 Å². The molecule has 0 N–H and O–H groups in total. The first-order valence-corrected chi connectivity index (χ1v) is 15.0. The lowest BCUT2D eigenvalue weighted by Gasteiger charge is -2.12. The molecule has 0 fully saturated rings. The molecule has 0 amide bonds. The zero-order valence-electron chi connectivity index (χ0n) is 24.7. The Hall–Kier alpha value is -6.40. The number of hydrogen-bond acceptors (Lipinski definition) is 6. The largest absolute Gasteiger partial charge is 0.255 e. The molecular formula is C40H26N6. The summed E-state index contributed by atoms with van der Waals surface area (Å²) < 4.78 is 0. The van der Waals surface area contributed by atoms with Gasteiger partial charge in [0.25, 0.3) is 0 Å². The van der Waals surface area contributed by atoms with Crippen LogP contribution in [-0.4, -0.2) is 29.9 Å². The second kappa shape index (κ2) is 11.9. The molecule has 0 spiro atoms. The van der Waals surface area contributed by atoms with E-state index in [1.165, 1.54) is 10.8 Å². The Labute approximate surface area is 266 Å². The van der Waals surface area contributed by atoms with Crippen molar-refractivity contribution in [2.75, 3.05) is 0 Å². The van der Waals surface area contributed by atoms with Crippen LogP contribution in [0.1, 0.15) is 0 Å². The van der Waals surface area contributed by atoms with Crippen molar-refractivity contribution in [3.8, 4) is 68.1 Å². The van der Waals surface area contributed by atoms with Crippen molar-refractivity contribution < 1.29 is 0 Å². The molecule has 6 heteroatoms. The average Bonchev–Trinajstić information content (AvgIpc) is 3.15. The number of rotatable bonds is 6. The molecule has 8 rings (SSSR count). The van der Waals surface area contributed by atoms with E-state index in [1.807, 2.05) is 91.0 Å². The van der Waals surface area contributed by atoms with Crippen molar-refractivity contribution in [3.63, 3.8) is 0 Å². The molecule has 0 aliphatic rings. The van der Waals surface area contributed by atoms with E-state index in [2.05, 4.69) is 59.6 Å². The zero-order valence-corrected chi connectivity index (χ0v) is 24.7. The zero-order chi connectivity index (χ0) is 30.7. The van der Waals surface area contributed by atoms with Crippen LogP contribution in [0.25, 0.3) is 78.8 Å². The van der Waals surface area contributed by atoms with E-state index >= 15 is 0 Å². The minimum absolute atomic E-state index is 0.554. The summed E-state index contributed by atoms with van der Waals surface area (Å²) in [6, 6.07) is 48.7. The molecule has 0 aliphatic heterocycles. The van der Waals surface area contributed by atoms with Crippen molar-refractivity contribution in [1.29, 1.82) is 0 Å². The topological polar surface area (TPSA) is 77.3 Å². The van der Waals surface area contributed by atoms with Crippen molar-refractivity contribution in [1.82, 2.24) is 29.9 Å². The van der Waals surface area contributed by atoms with E-state index in [9.17, 15) is 0 Å². The predicted octanol–water partition coefficient (Wildman–Crippen LogP) is 9.21. The Balaban J connectivity index is 1.23. The summed E-state index contributed by atoms with van der Waals surface area (Å²) in [4.78, 5) is 29.0. The molecule has 0 radical (unpaired) electrons. The molecule has 0 saturated carbocycles. The maximum atomic E-state index is 5.02. The minimum atomic E-state index is 0.554. The summed E-state index contributed by atoms with van der Waals surface area (Å²) in [6.45, 7) is 0. The van der Waals surface area contributed by atoms with Gasteiger partial charge in [-0.05, 0) is 58.3 Å². The molecule has 0 aliphatic carbocycles. The van der Waals surface area contributed by atoms with E-state index in [0.717, 1.165) is 50.6 Å². The third kappa shape index (κ3) is 5.40. The number of hydrogen-bond donors (Lipinski definition) is 0. The van der Waals surface area contributed by atoms with Crippen molar-refractivity contribution >= 4 is 10.8 Å². The van der Waals surface area contributed by atoms with E-state index in [-0.39, 0.29) is 0 Å². The van der Waals surface area contributed by atoms with Gasteiger partial charge in [-0.25, -0.2) is 19.9 Å². The van der Waals surface area contributed by atoms with E-state index in [1.54, 1.807) is 12.4 Å². The lowest BCUT2D eigenvalue weighted by atomic mass is 9.97. The summed E-state index contributed by atoms with van der Waals surface area (Å²) in [6.07, 6.45) is 3.59. The van der Waals surface area contributed by atoms with Crippen LogP contribution in [0.3, 0.4) is 0 Å². The summed E-state index contributed by atoms with van der Waals surface area (Å²) in [7, 11) is 0. The van der Waals surface area contributed by atoms with E-state index in [4.69, 9.17) is 24.9 Å². The molecule has 4 aromatic carbocycles. The Kier molecular flexibility index (Phi) is 7.05. The highest BCUT2D eigenvalue weighted by Gasteiger charge is 2.15. The Bertz CT molecular complexity index is 2230. The summed E-state index contributed by atoms with van der Waals surface area (Å²) >= 11 is 0. The third-order valence-corrected chi connectivity index (χ3v) is 7.84. The van der Waals surface area contributed by atoms with Gasteiger partial charge < -0.3 is 0 Å². The Morgan fingerprint density at radius 2 is 0.935 bits per heavy atom. The monoisotopic (exact) mass is 590 g/mol. The SMILES string of the molecule is c1ccc(-c2nc(-c3ccccc3)nc(-c3ccc(-c4cc(-c5cccc6ccccc56)cc(-c5ccccn5)n4)nc3)n2)cc1. The van der Waals surface area contributed by atoms with Gasteiger partial charge in [0.15, 0.2) is 17.5 Å². The fraction of sp³-hybridized carbons (Fsp3) is 0. The van der Waals surface area contributed by atoms with Crippen LogP contribution in [0.5, 0.6) is 0 Å². The Morgan fingerprint density at radius 1 is 0.348 bits per heavy atom. The lowest BCUT2D eigenvalue weighted by Crippen LogP contribution is -2.00. The van der Waals surface area contributed by atoms with Gasteiger partial charge in [-0.2, -0.15) is 0 Å². The predicted molar refractivity (Wildman–Crippen MR) is 183 cm³/mol. The number of aromatic nitrogens is 6. The summed E-state index contributed by atoms with van der Waals surface area (Å²) in [5, 5.41) is 2.36. The average molecular weight is 591 g/mol. The molecule has 216 valence electrons. The first-order chi connectivity index (χ1) is 22.8. The van der Waals surface area contributed by atoms with Crippen LogP contribution in [0, 0.1) is 0 Å². The molecule has 4 heterocycles. The van der Waals surface area contributed by atoms with E-state index in [0.29, 0.717) is 17.5 Å². The van der Waals surface area contributed by atoms with Crippen LogP contribution < -0.4 is 0 Å². The van der Waals surface area contributed by atoms with Gasteiger partial charge in [-0.15, -0.1) is 0 Å². The maximum absolute atomic E-state index is 5.02. The first-order valence-electron chi connectivity index (χ1n) is 15.0. The maximum Gasteiger partial charge on any atom is 0.165 e. The smallest absolute Gasteiger partial charge is 0.165 e.